The average molecular weight is 289 g/mol. The van der Waals surface area contributed by atoms with Gasteiger partial charge in [-0.1, -0.05) is 23.8 Å². The van der Waals surface area contributed by atoms with Gasteiger partial charge in [-0.3, -0.25) is 4.79 Å². The Morgan fingerprint density at radius 2 is 2.20 bits per heavy atom. The van der Waals surface area contributed by atoms with Gasteiger partial charge < -0.3 is 11.1 Å². The molecule has 0 aliphatic rings. The van der Waals surface area contributed by atoms with Crippen LogP contribution in [-0.2, 0) is 13.0 Å². The molecule has 0 saturated heterocycles. The van der Waals surface area contributed by atoms with Gasteiger partial charge in [-0.2, -0.15) is 0 Å². The minimum absolute atomic E-state index is 0.135. The van der Waals surface area contributed by atoms with Crippen molar-refractivity contribution in [3.05, 3.63) is 51.0 Å². The summed E-state index contributed by atoms with van der Waals surface area (Å²) >= 11 is 1.48. The van der Waals surface area contributed by atoms with E-state index >= 15 is 0 Å². The van der Waals surface area contributed by atoms with Crippen LogP contribution >= 0.6 is 11.3 Å². The highest BCUT2D eigenvalue weighted by molar-refractivity contribution is 7.09. The van der Waals surface area contributed by atoms with Gasteiger partial charge in [-0.15, -0.1) is 11.3 Å². The Bertz CT molecular complexity index is 607. The molecule has 0 fully saturated rings. The first-order chi connectivity index (χ1) is 9.60. The van der Waals surface area contributed by atoms with Crippen molar-refractivity contribution in [2.75, 3.05) is 6.54 Å². The Labute approximate surface area is 123 Å². The van der Waals surface area contributed by atoms with Crippen molar-refractivity contribution < 1.29 is 4.79 Å². The molecule has 1 aromatic carbocycles. The summed E-state index contributed by atoms with van der Waals surface area (Å²) in [6, 6.07) is 6.21. The van der Waals surface area contributed by atoms with E-state index in [1.54, 1.807) is 5.38 Å². The first kappa shape index (κ1) is 14.7. The molecule has 1 aromatic heterocycles. The Morgan fingerprint density at radius 3 is 2.90 bits per heavy atom. The fraction of sp³-hybridized carbons (Fsp3) is 0.333. The first-order valence-electron chi connectivity index (χ1n) is 6.59. The summed E-state index contributed by atoms with van der Waals surface area (Å²) in [4.78, 5) is 16.3. The maximum atomic E-state index is 12.0. The second-order valence-corrected chi connectivity index (χ2v) is 5.72. The van der Waals surface area contributed by atoms with Gasteiger partial charge in [-0.25, -0.2) is 4.98 Å². The minimum atomic E-state index is -0.135. The van der Waals surface area contributed by atoms with Gasteiger partial charge in [0.15, 0.2) is 0 Å². The van der Waals surface area contributed by atoms with Gasteiger partial charge in [0.2, 0.25) is 0 Å². The molecular formula is C15H19N3OS. The number of hydrogen-bond acceptors (Lipinski definition) is 4. The lowest BCUT2D eigenvalue weighted by Gasteiger charge is -2.07. The zero-order valence-corrected chi connectivity index (χ0v) is 12.6. The number of benzene rings is 1. The fourth-order valence-corrected chi connectivity index (χ4v) is 2.76. The second-order valence-electron chi connectivity index (χ2n) is 4.78. The molecule has 0 spiro atoms. The van der Waals surface area contributed by atoms with E-state index in [0.29, 0.717) is 18.8 Å². The monoisotopic (exact) mass is 289 g/mol. The number of aromatic nitrogens is 1. The average Bonchev–Trinajstić information content (AvgIpc) is 2.86. The number of thiazole rings is 1. The number of carbonyl (C=O) groups is 1. The molecular weight excluding hydrogens is 270 g/mol. The molecule has 0 unspecified atom stereocenters. The molecule has 0 bridgehead atoms. The quantitative estimate of drug-likeness (QED) is 0.886. The predicted octanol–water partition coefficient (Wildman–Crippen LogP) is 2.19. The van der Waals surface area contributed by atoms with Crippen LogP contribution in [0.25, 0.3) is 0 Å². The van der Waals surface area contributed by atoms with Crippen LogP contribution in [0.5, 0.6) is 0 Å². The number of amides is 1. The third-order valence-electron chi connectivity index (χ3n) is 3.08. The number of carbonyl (C=O) groups excluding carboxylic acids is 1. The van der Waals surface area contributed by atoms with Gasteiger partial charge in [0, 0.05) is 18.3 Å². The van der Waals surface area contributed by atoms with Crippen LogP contribution in [0.1, 0.15) is 32.2 Å². The summed E-state index contributed by atoms with van der Waals surface area (Å²) in [6.07, 6.45) is 0.717. The fourth-order valence-electron chi connectivity index (χ4n) is 1.96. The van der Waals surface area contributed by atoms with Crippen LogP contribution in [0.2, 0.25) is 0 Å². The van der Waals surface area contributed by atoms with Gasteiger partial charge in [0.25, 0.3) is 5.91 Å². The van der Waals surface area contributed by atoms with Crippen LogP contribution in [-0.4, -0.2) is 17.4 Å². The van der Waals surface area contributed by atoms with E-state index in [0.717, 1.165) is 17.0 Å². The smallest absolute Gasteiger partial charge is 0.271 e. The highest BCUT2D eigenvalue weighted by atomic mass is 32.1. The number of nitrogens with zero attached hydrogens (tertiary/aromatic N) is 1. The number of hydrogen-bond donors (Lipinski definition) is 2. The van der Waals surface area contributed by atoms with Crippen LogP contribution < -0.4 is 11.1 Å². The molecule has 0 radical (unpaired) electrons. The van der Waals surface area contributed by atoms with Crippen molar-refractivity contribution in [3.63, 3.8) is 0 Å². The summed E-state index contributed by atoms with van der Waals surface area (Å²) in [6.45, 7) is 5.19. The van der Waals surface area contributed by atoms with Crippen LogP contribution in [0, 0.1) is 13.8 Å². The SMILES string of the molecule is Cc1ccc(CNC(=O)c2csc(CCN)n2)c(C)c1. The van der Waals surface area contributed by atoms with Crippen LogP contribution in [0.15, 0.2) is 23.6 Å². The number of aryl methyl sites for hydroxylation is 2. The highest BCUT2D eigenvalue weighted by Crippen LogP contribution is 2.12. The normalized spacial score (nSPS) is 10.6. The number of nitrogens with one attached hydrogen (secondary N) is 1. The summed E-state index contributed by atoms with van der Waals surface area (Å²) in [7, 11) is 0. The molecule has 0 saturated carbocycles. The standard InChI is InChI=1S/C15H19N3OS/c1-10-3-4-12(11(2)7-10)8-17-15(19)13-9-20-14(18-13)5-6-16/h3-4,7,9H,5-6,8,16H2,1-2H3,(H,17,19). The van der Waals surface area contributed by atoms with Crippen molar-refractivity contribution in [1.29, 1.82) is 0 Å². The maximum Gasteiger partial charge on any atom is 0.271 e. The molecule has 1 heterocycles. The van der Waals surface area contributed by atoms with E-state index in [9.17, 15) is 4.79 Å². The molecule has 3 N–H and O–H groups in total. The molecule has 0 aliphatic carbocycles. The Morgan fingerprint density at radius 1 is 1.40 bits per heavy atom. The molecule has 0 aliphatic heterocycles. The third-order valence-corrected chi connectivity index (χ3v) is 3.99. The second kappa shape index (κ2) is 6.63. The van der Waals surface area contributed by atoms with Crippen molar-refractivity contribution >= 4 is 17.2 Å². The van der Waals surface area contributed by atoms with E-state index < -0.39 is 0 Å². The van der Waals surface area contributed by atoms with Gasteiger partial charge in [-0.05, 0) is 31.5 Å². The third kappa shape index (κ3) is 3.65. The number of rotatable bonds is 5. The molecule has 5 heteroatoms. The Balaban J connectivity index is 1.97. The first-order valence-corrected chi connectivity index (χ1v) is 7.47. The van der Waals surface area contributed by atoms with Gasteiger partial charge >= 0.3 is 0 Å². The zero-order valence-electron chi connectivity index (χ0n) is 11.8. The van der Waals surface area contributed by atoms with Crippen molar-refractivity contribution in [2.45, 2.75) is 26.8 Å². The van der Waals surface area contributed by atoms with E-state index in [2.05, 4.69) is 36.3 Å². The lowest BCUT2D eigenvalue weighted by Crippen LogP contribution is -2.23. The van der Waals surface area contributed by atoms with Gasteiger partial charge in [0.05, 0.1) is 5.01 Å². The molecule has 2 rings (SSSR count). The van der Waals surface area contributed by atoms with E-state index in [4.69, 9.17) is 5.73 Å². The summed E-state index contributed by atoms with van der Waals surface area (Å²) in [5, 5.41) is 5.59. The topological polar surface area (TPSA) is 68.0 Å². The van der Waals surface area contributed by atoms with Crippen molar-refractivity contribution in [3.8, 4) is 0 Å². The largest absolute Gasteiger partial charge is 0.347 e. The Hall–Kier alpha value is -1.72. The molecule has 4 nitrogen and oxygen atoms in total. The van der Waals surface area contributed by atoms with Crippen molar-refractivity contribution in [1.82, 2.24) is 10.3 Å². The summed E-state index contributed by atoms with van der Waals surface area (Å²) < 4.78 is 0. The molecule has 106 valence electrons. The molecule has 0 atom stereocenters. The molecule has 1 amide bonds. The van der Waals surface area contributed by atoms with E-state index in [1.165, 1.54) is 22.5 Å². The van der Waals surface area contributed by atoms with Crippen LogP contribution in [0.4, 0.5) is 0 Å². The summed E-state index contributed by atoms with van der Waals surface area (Å²) in [5.41, 5.74) is 9.49. The van der Waals surface area contributed by atoms with Crippen molar-refractivity contribution in [2.24, 2.45) is 5.73 Å². The minimum Gasteiger partial charge on any atom is -0.347 e. The summed E-state index contributed by atoms with van der Waals surface area (Å²) in [5.74, 6) is -0.135. The lowest BCUT2D eigenvalue weighted by atomic mass is 10.1. The predicted molar refractivity (Wildman–Crippen MR) is 82.0 cm³/mol. The lowest BCUT2D eigenvalue weighted by molar-refractivity contribution is 0.0946. The van der Waals surface area contributed by atoms with E-state index in [-0.39, 0.29) is 5.91 Å². The highest BCUT2D eigenvalue weighted by Gasteiger charge is 2.10. The number of nitrogens with two attached hydrogens (primary N) is 1. The van der Waals surface area contributed by atoms with E-state index in [1.807, 2.05) is 6.07 Å². The van der Waals surface area contributed by atoms with Gasteiger partial charge in [0.1, 0.15) is 5.69 Å². The zero-order chi connectivity index (χ0) is 14.5. The Kier molecular flexibility index (Phi) is 4.87. The molecule has 20 heavy (non-hydrogen) atoms. The molecule has 2 aromatic rings. The maximum absolute atomic E-state index is 12.0. The van der Waals surface area contributed by atoms with Crippen LogP contribution in [0.3, 0.4) is 0 Å².